The van der Waals surface area contributed by atoms with Crippen molar-refractivity contribution in [1.29, 1.82) is 0 Å². The summed E-state index contributed by atoms with van der Waals surface area (Å²) in [6.07, 6.45) is -1.23. The number of nitro groups is 1. The van der Waals surface area contributed by atoms with Crippen molar-refractivity contribution < 1.29 is 24.0 Å². The zero-order valence-corrected chi connectivity index (χ0v) is 14.6. The Kier molecular flexibility index (Phi) is 6.21. The Labute approximate surface area is 154 Å². The van der Waals surface area contributed by atoms with E-state index in [1.807, 2.05) is 0 Å². The van der Waals surface area contributed by atoms with E-state index in [9.17, 15) is 24.5 Å². The molecule has 9 heteroatoms. The Hall–Kier alpha value is -3.75. The molecule has 0 spiro atoms. The first-order valence-corrected chi connectivity index (χ1v) is 7.91. The summed E-state index contributed by atoms with van der Waals surface area (Å²) in [4.78, 5) is 46.2. The van der Waals surface area contributed by atoms with Crippen molar-refractivity contribution in [2.45, 2.75) is 20.0 Å². The number of nitrogens with zero attached hydrogens (tertiary/aromatic N) is 1. The molecule has 1 atom stereocenters. The van der Waals surface area contributed by atoms with E-state index >= 15 is 0 Å². The second-order valence-corrected chi connectivity index (χ2v) is 5.62. The number of nitro benzene ring substituents is 1. The molecule has 0 saturated carbocycles. The fourth-order valence-corrected chi connectivity index (χ4v) is 2.10. The van der Waals surface area contributed by atoms with Gasteiger partial charge in [0, 0.05) is 17.2 Å². The summed E-state index contributed by atoms with van der Waals surface area (Å²) in [5.41, 5.74) is 4.81. The van der Waals surface area contributed by atoms with Gasteiger partial charge in [-0.3, -0.25) is 30.6 Å². The molecule has 0 heterocycles. The number of carbonyl (C=O) groups is 3. The van der Waals surface area contributed by atoms with Gasteiger partial charge in [0.1, 0.15) is 0 Å². The van der Waals surface area contributed by atoms with Gasteiger partial charge < -0.3 is 4.74 Å². The van der Waals surface area contributed by atoms with E-state index < -0.39 is 28.8 Å². The van der Waals surface area contributed by atoms with Crippen LogP contribution in [0, 0.1) is 17.0 Å². The number of hydrogen-bond acceptors (Lipinski definition) is 6. The molecule has 0 aliphatic heterocycles. The molecule has 2 amide bonds. The van der Waals surface area contributed by atoms with Crippen molar-refractivity contribution in [3.05, 3.63) is 75.3 Å². The topological polar surface area (TPSA) is 128 Å². The fraction of sp³-hybridized carbons (Fsp3) is 0.167. The molecule has 0 aromatic heterocycles. The smallest absolute Gasteiger partial charge is 0.339 e. The maximum Gasteiger partial charge on any atom is 0.339 e. The van der Waals surface area contributed by atoms with Crippen molar-refractivity contribution in [3.8, 4) is 0 Å². The number of ether oxygens (including phenoxy) is 1. The van der Waals surface area contributed by atoms with Gasteiger partial charge in [-0.05, 0) is 32.0 Å². The minimum absolute atomic E-state index is 0.0553. The SMILES string of the molecule is Cc1ccc(C(=O)O[C@@H](C)C(=O)NNC(=O)c2ccccc2)cc1[N+](=O)[O-]. The van der Waals surface area contributed by atoms with Crippen LogP contribution in [-0.4, -0.2) is 28.8 Å². The lowest BCUT2D eigenvalue weighted by Crippen LogP contribution is -2.46. The van der Waals surface area contributed by atoms with Crippen LogP contribution in [0.15, 0.2) is 48.5 Å². The third kappa shape index (κ3) is 5.11. The third-order valence-corrected chi connectivity index (χ3v) is 3.63. The lowest BCUT2D eigenvalue weighted by Gasteiger charge is -2.14. The van der Waals surface area contributed by atoms with Gasteiger partial charge in [0.15, 0.2) is 6.10 Å². The number of benzene rings is 2. The second-order valence-electron chi connectivity index (χ2n) is 5.62. The summed E-state index contributed by atoms with van der Waals surface area (Å²) in [5, 5.41) is 10.9. The molecule has 9 nitrogen and oxygen atoms in total. The van der Waals surface area contributed by atoms with Crippen LogP contribution in [0.3, 0.4) is 0 Å². The van der Waals surface area contributed by atoms with Crippen LogP contribution in [0.2, 0.25) is 0 Å². The lowest BCUT2D eigenvalue weighted by molar-refractivity contribution is -0.385. The van der Waals surface area contributed by atoms with Gasteiger partial charge in [-0.1, -0.05) is 24.3 Å². The third-order valence-electron chi connectivity index (χ3n) is 3.63. The summed E-state index contributed by atoms with van der Waals surface area (Å²) in [7, 11) is 0. The van der Waals surface area contributed by atoms with Crippen LogP contribution in [-0.2, 0) is 9.53 Å². The number of esters is 1. The van der Waals surface area contributed by atoms with Crippen molar-refractivity contribution >= 4 is 23.5 Å². The molecule has 0 bridgehead atoms. The Bertz CT molecular complexity index is 882. The Morgan fingerprint density at radius 2 is 1.70 bits per heavy atom. The molecule has 0 aliphatic carbocycles. The monoisotopic (exact) mass is 371 g/mol. The minimum atomic E-state index is -1.23. The van der Waals surface area contributed by atoms with Crippen LogP contribution < -0.4 is 10.9 Å². The van der Waals surface area contributed by atoms with E-state index in [1.54, 1.807) is 37.3 Å². The number of amides is 2. The Morgan fingerprint density at radius 1 is 1.04 bits per heavy atom. The van der Waals surface area contributed by atoms with Crippen molar-refractivity contribution in [2.24, 2.45) is 0 Å². The molecule has 0 saturated heterocycles. The average molecular weight is 371 g/mol. The zero-order valence-electron chi connectivity index (χ0n) is 14.6. The molecule has 2 aromatic carbocycles. The summed E-state index contributed by atoms with van der Waals surface area (Å²) in [5.74, 6) is -2.18. The maximum atomic E-state index is 12.1. The standard InChI is InChI=1S/C18H17N3O6/c1-11-8-9-14(10-15(11)21(25)26)18(24)27-12(2)16(22)19-20-17(23)13-6-4-3-5-7-13/h3-10,12H,1-2H3,(H,19,22)(H,20,23)/t12-/m0/s1. The fourth-order valence-electron chi connectivity index (χ4n) is 2.10. The van der Waals surface area contributed by atoms with E-state index in [1.165, 1.54) is 19.1 Å². The summed E-state index contributed by atoms with van der Waals surface area (Å²) < 4.78 is 4.99. The van der Waals surface area contributed by atoms with Gasteiger partial charge in [-0.15, -0.1) is 0 Å². The van der Waals surface area contributed by atoms with Gasteiger partial charge in [0.2, 0.25) is 0 Å². The van der Waals surface area contributed by atoms with Gasteiger partial charge in [-0.25, -0.2) is 4.79 Å². The van der Waals surface area contributed by atoms with Crippen LogP contribution in [0.5, 0.6) is 0 Å². The molecule has 0 unspecified atom stereocenters. The van der Waals surface area contributed by atoms with Gasteiger partial charge in [-0.2, -0.15) is 0 Å². The quantitative estimate of drug-likeness (QED) is 0.469. The highest BCUT2D eigenvalue weighted by molar-refractivity contribution is 5.96. The first kappa shape index (κ1) is 19.6. The van der Waals surface area contributed by atoms with Crippen LogP contribution in [0.4, 0.5) is 5.69 Å². The Balaban J connectivity index is 1.94. The highest BCUT2D eigenvalue weighted by Gasteiger charge is 2.21. The predicted molar refractivity (Wildman–Crippen MR) is 94.8 cm³/mol. The highest BCUT2D eigenvalue weighted by atomic mass is 16.6. The summed E-state index contributed by atoms with van der Waals surface area (Å²) >= 11 is 0. The van der Waals surface area contributed by atoms with E-state index in [0.29, 0.717) is 11.1 Å². The molecule has 0 radical (unpaired) electrons. The molecular weight excluding hydrogens is 354 g/mol. The van der Waals surface area contributed by atoms with Crippen LogP contribution >= 0.6 is 0 Å². The van der Waals surface area contributed by atoms with E-state index in [2.05, 4.69) is 10.9 Å². The van der Waals surface area contributed by atoms with Crippen molar-refractivity contribution in [3.63, 3.8) is 0 Å². The first-order valence-electron chi connectivity index (χ1n) is 7.91. The number of hydrogen-bond donors (Lipinski definition) is 2. The number of nitrogens with one attached hydrogen (secondary N) is 2. The second kappa shape index (κ2) is 8.56. The molecular formula is C18H17N3O6. The molecule has 0 fully saturated rings. The number of carbonyl (C=O) groups excluding carboxylic acids is 3. The average Bonchev–Trinajstić information content (AvgIpc) is 2.66. The Morgan fingerprint density at radius 3 is 2.33 bits per heavy atom. The van der Waals surface area contributed by atoms with Gasteiger partial charge in [0.05, 0.1) is 10.5 Å². The molecule has 2 N–H and O–H groups in total. The summed E-state index contributed by atoms with van der Waals surface area (Å²) in [6.45, 7) is 2.85. The minimum Gasteiger partial charge on any atom is -0.449 e. The largest absolute Gasteiger partial charge is 0.449 e. The van der Waals surface area contributed by atoms with Crippen molar-refractivity contribution in [1.82, 2.24) is 10.9 Å². The molecule has 2 rings (SSSR count). The lowest BCUT2D eigenvalue weighted by atomic mass is 10.1. The molecule has 27 heavy (non-hydrogen) atoms. The molecule has 140 valence electrons. The van der Waals surface area contributed by atoms with Gasteiger partial charge >= 0.3 is 5.97 Å². The molecule has 2 aromatic rings. The van der Waals surface area contributed by atoms with E-state index in [-0.39, 0.29) is 11.3 Å². The van der Waals surface area contributed by atoms with Crippen LogP contribution in [0.25, 0.3) is 0 Å². The number of hydrazine groups is 1. The first-order chi connectivity index (χ1) is 12.8. The zero-order chi connectivity index (χ0) is 20.0. The predicted octanol–water partition coefficient (Wildman–Crippen LogP) is 1.91. The highest BCUT2D eigenvalue weighted by Crippen LogP contribution is 2.20. The number of aryl methyl sites for hydroxylation is 1. The van der Waals surface area contributed by atoms with Crippen LogP contribution in [0.1, 0.15) is 33.2 Å². The van der Waals surface area contributed by atoms with Crippen molar-refractivity contribution in [2.75, 3.05) is 0 Å². The number of rotatable bonds is 5. The summed E-state index contributed by atoms with van der Waals surface area (Å²) in [6, 6.07) is 12.1. The van der Waals surface area contributed by atoms with Gasteiger partial charge in [0.25, 0.3) is 17.5 Å². The maximum absolute atomic E-state index is 12.1. The van der Waals surface area contributed by atoms with E-state index in [4.69, 9.17) is 4.74 Å². The normalized spacial score (nSPS) is 11.2. The van der Waals surface area contributed by atoms with E-state index in [0.717, 1.165) is 6.07 Å². The molecule has 0 aliphatic rings.